The summed E-state index contributed by atoms with van der Waals surface area (Å²) < 4.78 is 1.80. The minimum Gasteiger partial charge on any atom is -0.321 e. The molecule has 1 aliphatic heterocycles. The SMILES string of the molecule is Cc1cccc(C(C)C)c1NC(=O)c1ccc2c(=O)n3c(nc2c1)CCCCC3. The highest BCUT2D eigenvalue weighted by atomic mass is 16.1. The van der Waals surface area contributed by atoms with E-state index in [2.05, 4.69) is 19.2 Å². The van der Waals surface area contributed by atoms with Gasteiger partial charge in [0, 0.05) is 24.2 Å². The van der Waals surface area contributed by atoms with Crippen molar-refractivity contribution in [2.24, 2.45) is 0 Å². The molecule has 4 rings (SSSR count). The Hall–Kier alpha value is -2.95. The Morgan fingerprint density at radius 3 is 2.76 bits per heavy atom. The Bertz CT molecular complexity index is 1140. The van der Waals surface area contributed by atoms with Gasteiger partial charge in [0.2, 0.25) is 0 Å². The van der Waals surface area contributed by atoms with Crippen LogP contribution in [-0.2, 0) is 13.0 Å². The molecule has 2 aromatic carbocycles. The Morgan fingerprint density at radius 1 is 1.14 bits per heavy atom. The minimum absolute atomic E-state index is 0.000133. The van der Waals surface area contributed by atoms with Crippen LogP contribution in [0.25, 0.3) is 10.9 Å². The summed E-state index contributed by atoms with van der Waals surface area (Å²) in [6.07, 6.45) is 3.97. The normalized spacial score (nSPS) is 13.9. The topological polar surface area (TPSA) is 64.0 Å². The van der Waals surface area contributed by atoms with Crippen molar-refractivity contribution in [3.63, 3.8) is 0 Å². The van der Waals surface area contributed by atoms with Crippen LogP contribution < -0.4 is 10.9 Å². The summed E-state index contributed by atoms with van der Waals surface area (Å²) in [7, 11) is 0. The number of anilines is 1. The largest absolute Gasteiger partial charge is 0.321 e. The van der Waals surface area contributed by atoms with E-state index >= 15 is 0 Å². The fraction of sp³-hybridized carbons (Fsp3) is 0.375. The number of aryl methyl sites for hydroxylation is 2. The number of nitrogens with one attached hydrogen (secondary N) is 1. The molecule has 1 amide bonds. The second-order valence-corrected chi connectivity index (χ2v) is 8.18. The molecule has 2 heterocycles. The molecule has 0 unspecified atom stereocenters. The van der Waals surface area contributed by atoms with Gasteiger partial charge in [-0.15, -0.1) is 0 Å². The summed E-state index contributed by atoms with van der Waals surface area (Å²) in [4.78, 5) is 30.6. The van der Waals surface area contributed by atoms with E-state index in [1.807, 2.05) is 25.1 Å². The monoisotopic (exact) mass is 389 g/mol. The third-order valence-electron chi connectivity index (χ3n) is 5.74. The number of benzene rings is 2. The highest BCUT2D eigenvalue weighted by Crippen LogP contribution is 2.28. The molecule has 0 atom stereocenters. The van der Waals surface area contributed by atoms with Crippen molar-refractivity contribution in [3.05, 3.63) is 69.3 Å². The van der Waals surface area contributed by atoms with E-state index in [0.29, 0.717) is 22.4 Å². The number of nitrogens with zero attached hydrogens (tertiary/aromatic N) is 2. The number of hydrogen-bond acceptors (Lipinski definition) is 3. The van der Waals surface area contributed by atoms with Crippen LogP contribution in [0.1, 0.15) is 66.3 Å². The zero-order valence-electron chi connectivity index (χ0n) is 17.3. The molecule has 1 aromatic heterocycles. The third-order valence-corrected chi connectivity index (χ3v) is 5.74. The van der Waals surface area contributed by atoms with Gasteiger partial charge in [0.05, 0.1) is 10.9 Å². The first-order valence-electron chi connectivity index (χ1n) is 10.4. The average molecular weight is 389 g/mol. The van der Waals surface area contributed by atoms with Gasteiger partial charge in [-0.1, -0.05) is 38.5 Å². The van der Waals surface area contributed by atoms with E-state index in [0.717, 1.165) is 54.9 Å². The smallest absolute Gasteiger partial charge is 0.261 e. The van der Waals surface area contributed by atoms with Gasteiger partial charge in [0.25, 0.3) is 11.5 Å². The molecule has 0 spiro atoms. The van der Waals surface area contributed by atoms with Crippen molar-refractivity contribution in [2.75, 3.05) is 5.32 Å². The Labute approximate surface area is 170 Å². The van der Waals surface area contributed by atoms with Crippen LogP contribution in [0.5, 0.6) is 0 Å². The molecular weight excluding hydrogens is 362 g/mol. The molecule has 0 aliphatic carbocycles. The summed E-state index contributed by atoms with van der Waals surface area (Å²) in [6, 6.07) is 11.3. The van der Waals surface area contributed by atoms with E-state index in [-0.39, 0.29) is 11.5 Å². The zero-order chi connectivity index (χ0) is 20.5. The molecule has 29 heavy (non-hydrogen) atoms. The van der Waals surface area contributed by atoms with Crippen molar-refractivity contribution < 1.29 is 4.79 Å². The number of fused-ring (bicyclic) bond motifs is 2. The lowest BCUT2D eigenvalue weighted by atomic mass is 9.98. The van der Waals surface area contributed by atoms with E-state index in [1.54, 1.807) is 22.8 Å². The van der Waals surface area contributed by atoms with Gasteiger partial charge in [-0.2, -0.15) is 0 Å². The predicted octanol–water partition coefficient (Wildman–Crippen LogP) is 4.81. The molecule has 0 bridgehead atoms. The lowest BCUT2D eigenvalue weighted by molar-refractivity contribution is 0.102. The van der Waals surface area contributed by atoms with E-state index < -0.39 is 0 Å². The first kappa shape index (κ1) is 19.4. The molecule has 0 radical (unpaired) electrons. The predicted molar refractivity (Wildman–Crippen MR) is 117 cm³/mol. The number of carbonyl (C=O) groups excluding carboxylic acids is 1. The van der Waals surface area contributed by atoms with Crippen molar-refractivity contribution in [1.29, 1.82) is 0 Å². The second-order valence-electron chi connectivity index (χ2n) is 8.18. The maximum Gasteiger partial charge on any atom is 0.261 e. The van der Waals surface area contributed by atoms with Gasteiger partial charge in [0.1, 0.15) is 5.82 Å². The molecule has 0 saturated carbocycles. The molecule has 150 valence electrons. The zero-order valence-corrected chi connectivity index (χ0v) is 17.3. The number of hydrogen-bond donors (Lipinski definition) is 1. The number of carbonyl (C=O) groups is 1. The molecule has 1 N–H and O–H groups in total. The molecule has 0 saturated heterocycles. The van der Waals surface area contributed by atoms with Crippen LogP contribution in [0, 0.1) is 6.92 Å². The highest BCUT2D eigenvalue weighted by molar-refractivity contribution is 6.06. The third kappa shape index (κ3) is 3.69. The maximum absolute atomic E-state index is 13.0. The summed E-state index contributed by atoms with van der Waals surface area (Å²) >= 11 is 0. The first-order valence-corrected chi connectivity index (χ1v) is 10.4. The lowest BCUT2D eigenvalue weighted by Crippen LogP contribution is -2.24. The summed E-state index contributed by atoms with van der Waals surface area (Å²) in [5, 5.41) is 3.65. The maximum atomic E-state index is 13.0. The van der Waals surface area contributed by atoms with E-state index in [4.69, 9.17) is 4.98 Å². The molecule has 1 aliphatic rings. The van der Waals surface area contributed by atoms with Gasteiger partial charge in [-0.25, -0.2) is 4.98 Å². The van der Waals surface area contributed by atoms with Crippen LogP contribution in [-0.4, -0.2) is 15.5 Å². The van der Waals surface area contributed by atoms with Gasteiger partial charge >= 0.3 is 0 Å². The molecule has 5 nitrogen and oxygen atoms in total. The Balaban J connectivity index is 1.72. The van der Waals surface area contributed by atoms with Crippen molar-refractivity contribution in [2.45, 2.75) is 58.9 Å². The molecule has 0 fully saturated rings. The van der Waals surface area contributed by atoms with Crippen LogP contribution in [0.3, 0.4) is 0 Å². The number of para-hydroxylation sites is 1. The highest BCUT2D eigenvalue weighted by Gasteiger charge is 2.17. The van der Waals surface area contributed by atoms with Crippen LogP contribution >= 0.6 is 0 Å². The van der Waals surface area contributed by atoms with E-state index in [9.17, 15) is 9.59 Å². The minimum atomic E-state index is -0.181. The summed E-state index contributed by atoms with van der Waals surface area (Å²) in [5.74, 6) is 0.956. The van der Waals surface area contributed by atoms with Crippen molar-refractivity contribution in [3.8, 4) is 0 Å². The molecule has 5 heteroatoms. The van der Waals surface area contributed by atoms with Gasteiger partial charge < -0.3 is 5.32 Å². The fourth-order valence-corrected chi connectivity index (χ4v) is 4.09. The van der Waals surface area contributed by atoms with Crippen LogP contribution in [0.15, 0.2) is 41.2 Å². The van der Waals surface area contributed by atoms with Gasteiger partial charge in [-0.05, 0) is 55.0 Å². The first-order chi connectivity index (χ1) is 14.0. The van der Waals surface area contributed by atoms with Crippen molar-refractivity contribution >= 4 is 22.5 Å². The van der Waals surface area contributed by atoms with Crippen molar-refractivity contribution in [1.82, 2.24) is 9.55 Å². The summed E-state index contributed by atoms with van der Waals surface area (Å²) in [5.41, 5.74) is 4.13. The van der Waals surface area contributed by atoms with Crippen LogP contribution in [0.2, 0.25) is 0 Å². The fourth-order valence-electron chi connectivity index (χ4n) is 4.09. The Morgan fingerprint density at radius 2 is 1.97 bits per heavy atom. The van der Waals surface area contributed by atoms with Gasteiger partial charge in [-0.3, -0.25) is 14.2 Å². The van der Waals surface area contributed by atoms with Gasteiger partial charge in [0.15, 0.2) is 0 Å². The summed E-state index contributed by atoms with van der Waals surface area (Å²) in [6.45, 7) is 6.96. The average Bonchev–Trinajstić information content (AvgIpc) is 2.94. The number of aromatic nitrogens is 2. The standard InChI is InChI=1S/C24H27N3O2/c1-15(2)18-9-7-8-16(3)22(18)26-23(28)17-11-12-19-20(14-17)25-21-10-5-4-6-13-27(21)24(19)29/h7-9,11-12,14-15H,4-6,10,13H2,1-3H3,(H,26,28). The number of rotatable bonds is 3. The lowest BCUT2D eigenvalue weighted by Gasteiger charge is -2.16. The Kier molecular flexibility index (Phi) is 5.22. The quantitative estimate of drug-likeness (QED) is 0.699. The number of amides is 1. The van der Waals surface area contributed by atoms with Crippen LogP contribution in [0.4, 0.5) is 5.69 Å². The molecular formula is C24H27N3O2. The second kappa shape index (κ2) is 7.82. The van der Waals surface area contributed by atoms with E-state index in [1.165, 1.54) is 0 Å². The molecule has 3 aromatic rings.